The molecule has 1 aromatic rings. The molecule has 6 nitrogen and oxygen atoms in total. The van der Waals surface area contributed by atoms with Gasteiger partial charge in [-0.05, 0) is 54.5 Å². The van der Waals surface area contributed by atoms with E-state index in [2.05, 4.69) is 4.74 Å². The average Bonchev–Trinajstić information content (AvgIpc) is 3.10. The van der Waals surface area contributed by atoms with E-state index in [1.807, 2.05) is 27.8 Å². The van der Waals surface area contributed by atoms with Crippen LogP contribution in [0.4, 0.5) is 4.79 Å². The summed E-state index contributed by atoms with van der Waals surface area (Å²) in [6, 6.07) is 2.04. The lowest BCUT2D eigenvalue weighted by Gasteiger charge is -2.34. The van der Waals surface area contributed by atoms with Gasteiger partial charge in [-0.25, -0.2) is 4.79 Å². The molecule has 1 saturated heterocycles. The number of thiophene rings is 1. The van der Waals surface area contributed by atoms with E-state index in [1.54, 1.807) is 17.4 Å². The first-order chi connectivity index (χ1) is 12.6. The molecule has 2 rings (SSSR count). The maximum atomic E-state index is 12.2. The highest BCUT2D eigenvalue weighted by Crippen LogP contribution is 2.21. The summed E-state index contributed by atoms with van der Waals surface area (Å²) in [5.41, 5.74) is 1.12. The van der Waals surface area contributed by atoms with E-state index < -0.39 is 12.3 Å². The summed E-state index contributed by atoms with van der Waals surface area (Å²) < 4.78 is 4.48. The zero-order chi connectivity index (χ0) is 18.8. The molecule has 0 saturated carbocycles. The quantitative estimate of drug-likeness (QED) is 0.368. The van der Waals surface area contributed by atoms with Gasteiger partial charge in [0.25, 0.3) is 0 Å². The second-order valence-corrected chi connectivity index (χ2v) is 7.29. The Morgan fingerprint density at radius 1 is 1.42 bits per heavy atom. The molecule has 0 radical (unpaired) electrons. The first-order valence-electron chi connectivity index (χ1n) is 9.09. The normalized spacial score (nSPS) is 19.0. The Hall–Kier alpha value is -1.86. The molecule has 0 aromatic carbocycles. The first-order valence-corrected chi connectivity index (χ1v) is 10.0. The van der Waals surface area contributed by atoms with Crippen LogP contribution in [0.25, 0.3) is 0 Å². The molecule has 0 aliphatic carbocycles. The number of nitrogens with zero attached hydrogens (tertiary/aromatic N) is 1. The van der Waals surface area contributed by atoms with Crippen molar-refractivity contribution in [2.45, 2.75) is 57.1 Å². The fourth-order valence-electron chi connectivity index (χ4n) is 3.13. The molecule has 2 atom stereocenters. The molecule has 1 amide bonds. The highest BCUT2D eigenvalue weighted by molar-refractivity contribution is 7.07. The summed E-state index contributed by atoms with van der Waals surface area (Å²) in [6.45, 7) is 0.850. The van der Waals surface area contributed by atoms with Crippen LogP contribution in [-0.4, -0.2) is 52.5 Å². The summed E-state index contributed by atoms with van der Waals surface area (Å²) in [7, 11) is 0. The average molecular weight is 381 g/mol. The maximum Gasteiger partial charge on any atom is 0.505 e. The molecule has 1 aromatic heterocycles. The van der Waals surface area contributed by atoms with Crippen molar-refractivity contribution in [1.82, 2.24) is 4.90 Å². The summed E-state index contributed by atoms with van der Waals surface area (Å²) in [5, 5.41) is 22.6. The zero-order valence-electron chi connectivity index (χ0n) is 14.9. The van der Waals surface area contributed by atoms with Crippen molar-refractivity contribution in [3.63, 3.8) is 0 Å². The van der Waals surface area contributed by atoms with E-state index in [0.29, 0.717) is 25.8 Å². The highest BCUT2D eigenvalue weighted by Gasteiger charge is 2.25. The Balaban J connectivity index is 1.77. The van der Waals surface area contributed by atoms with Gasteiger partial charge in [0.05, 0.1) is 18.8 Å². The van der Waals surface area contributed by atoms with Gasteiger partial charge in [0.2, 0.25) is 5.91 Å². The first kappa shape index (κ1) is 20.5. The largest absolute Gasteiger partial charge is 0.505 e. The van der Waals surface area contributed by atoms with Gasteiger partial charge in [0.15, 0.2) is 0 Å². The van der Waals surface area contributed by atoms with Crippen LogP contribution >= 0.6 is 11.3 Å². The zero-order valence-corrected chi connectivity index (χ0v) is 15.7. The summed E-state index contributed by atoms with van der Waals surface area (Å²) >= 11 is 1.62. The van der Waals surface area contributed by atoms with Crippen LogP contribution in [0.1, 0.15) is 44.1 Å². The SMILES string of the molecule is O=C(O)OCCCCCN1C(=O)CCC[C@@H]1/C=C/C(O)Cc1ccsc1. The molecule has 1 aliphatic heterocycles. The van der Waals surface area contributed by atoms with E-state index in [1.165, 1.54) is 0 Å². The van der Waals surface area contributed by atoms with Crippen LogP contribution in [0.15, 0.2) is 29.0 Å². The van der Waals surface area contributed by atoms with Gasteiger partial charge in [-0.15, -0.1) is 0 Å². The summed E-state index contributed by atoms with van der Waals surface area (Å²) in [4.78, 5) is 24.4. The smallest absolute Gasteiger partial charge is 0.450 e. The van der Waals surface area contributed by atoms with Crippen LogP contribution in [0, 0.1) is 0 Å². The lowest BCUT2D eigenvalue weighted by atomic mass is 9.99. The Kier molecular flexibility index (Phi) is 8.64. The van der Waals surface area contributed by atoms with Gasteiger partial charge >= 0.3 is 6.16 Å². The van der Waals surface area contributed by atoms with Crippen molar-refractivity contribution < 1.29 is 24.5 Å². The van der Waals surface area contributed by atoms with Gasteiger partial charge in [0, 0.05) is 19.4 Å². The topological polar surface area (TPSA) is 87.1 Å². The molecule has 26 heavy (non-hydrogen) atoms. The Bertz CT molecular complexity index is 587. The molecule has 7 heteroatoms. The second kappa shape index (κ2) is 11.0. The number of likely N-dealkylation sites (tertiary alicyclic amines) is 1. The monoisotopic (exact) mass is 381 g/mol. The number of hydrogen-bond donors (Lipinski definition) is 2. The maximum absolute atomic E-state index is 12.2. The predicted molar refractivity (Wildman–Crippen MR) is 100 cm³/mol. The van der Waals surface area contributed by atoms with Gasteiger partial charge in [-0.2, -0.15) is 11.3 Å². The molecule has 1 fully saturated rings. The standard InChI is InChI=1S/C19H27NO5S/c21-17(13-15-9-12-26-14-15)8-7-16-5-4-6-18(22)20(16)10-2-1-3-11-25-19(23)24/h7-9,12,14,16-17,21H,1-6,10-11,13H2,(H,23,24)/b8-7+/t16-,17?/m1/s1. The van der Waals surface area contributed by atoms with Crippen molar-refractivity contribution in [3.05, 3.63) is 34.5 Å². The third kappa shape index (κ3) is 7.17. The van der Waals surface area contributed by atoms with Crippen molar-refractivity contribution in [3.8, 4) is 0 Å². The minimum Gasteiger partial charge on any atom is -0.450 e. The molecule has 2 N–H and O–H groups in total. The lowest BCUT2D eigenvalue weighted by Crippen LogP contribution is -2.43. The molecule has 1 aliphatic rings. The fourth-order valence-corrected chi connectivity index (χ4v) is 3.81. The number of ether oxygens (including phenoxy) is 1. The minimum atomic E-state index is -1.25. The van der Waals surface area contributed by atoms with Crippen LogP contribution in [0.5, 0.6) is 0 Å². The van der Waals surface area contributed by atoms with E-state index in [9.17, 15) is 14.7 Å². The van der Waals surface area contributed by atoms with E-state index >= 15 is 0 Å². The van der Waals surface area contributed by atoms with Crippen LogP contribution < -0.4 is 0 Å². The van der Waals surface area contributed by atoms with E-state index in [-0.39, 0.29) is 18.6 Å². The van der Waals surface area contributed by atoms with E-state index in [0.717, 1.165) is 31.2 Å². The highest BCUT2D eigenvalue weighted by atomic mass is 32.1. The lowest BCUT2D eigenvalue weighted by molar-refractivity contribution is -0.135. The number of carboxylic acid groups (broad SMARTS) is 1. The number of amides is 1. The fraction of sp³-hybridized carbons (Fsp3) is 0.579. The third-order valence-electron chi connectivity index (χ3n) is 4.46. The Morgan fingerprint density at radius 3 is 3.00 bits per heavy atom. The van der Waals surface area contributed by atoms with Crippen molar-refractivity contribution in [2.75, 3.05) is 13.2 Å². The number of hydrogen-bond acceptors (Lipinski definition) is 5. The van der Waals surface area contributed by atoms with Crippen molar-refractivity contribution in [1.29, 1.82) is 0 Å². The van der Waals surface area contributed by atoms with E-state index in [4.69, 9.17) is 5.11 Å². The van der Waals surface area contributed by atoms with Gasteiger partial charge < -0.3 is 19.8 Å². The van der Waals surface area contributed by atoms with Gasteiger partial charge in [0.1, 0.15) is 0 Å². The number of carbonyl (C=O) groups is 2. The summed E-state index contributed by atoms with van der Waals surface area (Å²) in [6.07, 6.45) is 7.20. The number of aliphatic hydroxyl groups excluding tert-OH is 1. The minimum absolute atomic E-state index is 0.0312. The number of carbonyl (C=O) groups excluding carboxylic acids is 1. The van der Waals surface area contributed by atoms with Crippen LogP contribution in [0.3, 0.4) is 0 Å². The number of piperidine rings is 1. The van der Waals surface area contributed by atoms with Crippen LogP contribution in [0.2, 0.25) is 0 Å². The molecule has 2 heterocycles. The Morgan fingerprint density at radius 2 is 2.27 bits per heavy atom. The molecule has 144 valence electrons. The molecular weight excluding hydrogens is 354 g/mol. The van der Waals surface area contributed by atoms with Crippen LogP contribution in [-0.2, 0) is 16.0 Å². The van der Waals surface area contributed by atoms with Gasteiger partial charge in [-0.1, -0.05) is 12.2 Å². The Labute approximate surface area is 158 Å². The van der Waals surface area contributed by atoms with Crippen molar-refractivity contribution in [2.24, 2.45) is 0 Å². The molecule has 1 unspecified atom stereocenters. The third-order valence-corrected chi connectivity index (χ3v) is 5.19. The van der Waals surface area contributed by atoms with Crippen molar-refractivity contribution >= 4 is 23.4 Å². The number of unbranched alkanes of at least 4 members (excludes halogenated alkanes) is 2. The number of rotatable bonds is 10. The van der Waals surface area contributed by atoms with Gasteiger partial charge in [-0.3, -0.25) is 4.79 Å². The second-order valence-electron chi connectivity index (χ2n) is 6.51. The summed E-state index contributed by atoms with van der Waals surface area (Å²) in [5.74, 6) is 0.153. The number of aliphatic hydroxyl groups is 1. The molecule has 0 spiro atoms. The predicted octanol–water partition coefficient (Wildman–Crippen LogP) is 3.45. The molecule has 0 bridgehead atoms. The molecular formula is C19H27NO5S.